The summed E-state index contributed by atoms with van der Waals surface area (Å²) in [5, 5.41) is 7.85. The zero-order chi connectivity index (χ0) is 11.9. The summed E-state index contributed by atoms with van der Waals surface area (Å²) < 4.78 is 0. The van der Waals surface area contributed by atoms with E-state index >= 15 is 0 Å². The lowest BCUT2D eigenvalue weighted by atomic mass is 10.4. The van der Waals surface area contributed by atoms with Gasteiger partial charge in [-0.2, -0.15) is 0 Å². The molecule has 0 aliphatic rings. The Bertz CT molecular complexity index is 456. The Balaban J connectivity index is 1.69. The van der Waals surface area contributed by atoms with Crippen molar-refractivity contribution in [3.05, 3.63) is 46.8 Å². The minimum absolute atomic E-state index is 0.0252. The lowest BCUT2D eigenvalue weighted by molar-refractivity contribution is 0.0959. The van der Waals surface area contributed by atoms with Gasteiger partial charge in [-0.05, 0) is 23.6 Å². The van der Waals surface area contributed by atoms with Crippen LogP contribution in [-0.4, -0.2) is 24.0 Å². The lowest BCUT2D eigenvalue weighted by Gasteiger charge is -2.06. The maximum atomic E-state index is 11.6. The highest BCUT2D eigenvalue weighted by atomic mass is 32.1. The molecule has 2 heterocycles. The molecule has 0 saturated carbocycles. The number of nitrogens with zero attached hydrogens (tertiary/aromatic N) is 1. The maximum absolute atomic E-state index is 11.6. The monoisotopic (exact) mass is 247 g/mol. The van der Waals surface area contributed by atoms with E-state index in [0.29, 0.717) is 13.1 Å². The highest BCUT2D eigenvalue weighted by molar-refractivity contribution is 7.12. The van der Waals surface area contributed by atoms with Crippen molar-refractivity contribution < 1.29 is 4.79 Å². The topological polar surface area (TPSA) is 54.0 Å². The van der Waals surface area contributed by atoms with Gasteiger partial charge in [-0.3, -0.25) is 4.79 Å². The van der Waals surface area contributed by atoms with E-state index in [1.807, 2.05) is 35.7 Å². The van der Waals surface area contributed by atoms with Crippen LogP contribution in [0.15, 0.2) is 41.9 Å². The molecule has 0 fully saturated rings. The standard InChI is InChI=1S/C12H13N3OS/c16-12(10-4-3-9-17-10)15-8-7-14-11-5-1-2-6-13-11/h1-6,9H,7-8H2,(H,13,14)(H,15,16). The van der Waals surface area contributed by atoms with Crippen molar-refractivity contribution in [1.29, 1.82) is 0 Å². The summed E-state index contributed by atoms with van der Waals surface area (Å²) in [5.41, 5.74) is 0. The van der Waals surface area contributed by atoms with Crippen LogP contribution in [-0.2, 0) is 0 Å². The summed E-state index contributed by atoms with van der Waals surface area (Å²) >= 11 is 1.44. The number of thiophene rings is 1. The third kappa shape index (κ3) is 3.57. The van der Waals surface area contributed by atoms with Gasteiger partial charge in [-0.15, -0.1) is 11.3 Å². The molecule has 0 unspecified atom stereocenters. The zero-order valence-electron chi connectivity index (χ0n) is 9.22. The van der Waals surface area contributed by atoms with Crippen molar-refractivity contribution in [3.8, 4) is 0 Å². The fourth-order valence-electron chi connectivity index (χ4n) is 1.33. The van der Waals surface area contributed by atoms with Gasteiger partial charge in [0, 0.05) is 19.3 Å². The molecule has 2 rings (SSSR count). The van der Waals surface area contributed by atoms with E-state index < -0.39 is 0 Å². The first-order valence-electron chi connectivity index (χ1n) is 5.33. The second kappa shape index (κ2) is 6.00. The number of anilines is 1. The van der Waals surface area contributed by atoms with Crippen molar-refractivity contribution in [2.24, 2.45) is 0 Å². The molecule has 0 radical (unpaired) electrons. The van der Waals surface area contributed by atoms with Crippen molar-refractivity contribution >= 4 is 23.1 Å². The fourth-order valence-corrected chi connectivity index (χ4v) is 1.97. The molecule has 17 heavy (non-hydrogen) atoms. The molecule has 0 bridgehead atoms. The lowest BCUT2D eigenvalue weighted by Crippen LogP contribution is -2.28. The minimum Gasteiger partial charge on any atom is -0.368 e. The van der Waals surface area contributed by atoms with E-state index in [4.69, 9.17) is 0 Å². The third-order valence-electron chi connectivity index (χ3n) is 2.13. The van der Waals surface area contributed by atoms with E-state index in [1.54, 1.807) is 6.20 Å². The summed E-state index contributed by atoms with van der Waals surface area (Å²) in [5.74, 6) is 0.792. The minimum atomic E-state index is -0.0252. The van der Waals surface area contributed by atoms with Crippen LogP contribution in [0.2, 0.25) is 0 Å². The first-order chi connectivity index (χ1) is 8.36. The van der Waals surface area contributed by atoms with Gasteiger partial charge in [0.15, 0.2) is 0 Å². The molecule has 5 heteroatoms. The summed E-state index contributed by atoms with van der Waals surface area (Å²) in [6.45, 7) is 1.24. The molecule has 0 atom stereocenters. The molecule has 0 saturated heterocycles. The molecule has 2 N–H and O–H groups in total. The molecule has 2 aromatic rings. The third-order valence-corrected chi connectivity index (χ3v) is 3.00. The first kappa shape index (κ1) is 11.6. The zero-order valence-corrected chi connectivity index (χ0v) is 10.0. The van der Waals surface area contributed by atoms with Crippen molar-refractivity contribution in [1.82, 2.24) is 10.3 Å². The van der Waals surface area contributed by atoms with Gasteiger partial charge < -0.3 is 10.6 Å². The van der Waals surface area contributed by atoms with E-state index in [2.05, 4.69) is 15.6 Å². The van der Waals surface area contributed by atoms with E-state index in [-0.39, 0.29) is 5.91 Å². The van der Waals surface area contributed by atoms with Gasteiger partial charge in [0.25, 0.3) is 5.91 Å². The number of nitrogens with one attached hydrogen (secondary N) is 2. The Morgan fingerprint density at radius 1 is 1.24 bits per heavy atom. The molecule has 0 aromatic carbocycles. The van der Waals surface area contributed by atoms with Gasteiger partial charge >= 0.3 is 0 Å². The van der Waals surface area contributed by atoms with E-state index in [0.717, 1.165) is 10.7 Å². The van der Waals surface area contributed by atoms with Gasteiger partial charge in [-0.25, -0.2) is 4.98 Å². The Kier molecular flexibility index (Phi) is 4.10. The smallest absolute Gasteiger partial charge is 0.261 e. The fraction of sp³-hybridized carbons (Fsp3) is 0.167. The average Bonchev–Trinajstić information content (AvgIpc) is 2.89. The second-order valence-corrected chi connectivity index (χ2v) is 4.32. The highest BCUT2D eigenvalue weighted by Gasteiger charge is 2.04. The molecule has 0 aliphatic carbocycles. The number of pyridine rings is 1. The van der Waals surface area contributed by atoms with Gasteiger partial charge in [0.05, 0.1) is 4.88 Å². The van der Waals surface area contributed by atoms with Crippen LogP contribution < -0.4 is 10.6 Å². The summed E-state index contributed by atoms with van der Waals surface area (Å²) in [6, 6.07) is 9.35. The molecular weight excluding hydrogens is 234 g/mol. The van der Waals surface area contributed by atoms with Gasteiger partial charge in [-0.1, -0.05) is 12.1 Å². The van der Waals surface area contributed by atoms with Crippen molar-refractivity contribution in [3.63, 3.8) is 0 Å². The highest BCUT2D eigenvalue weighted by Crippen LogP contribution is 2.07. The number of rotatable bonds is 5. The van der Waals surface area contributed by atoms with Crippen LogP contribution in [0.1, 0.15) is 9.67 Å². The quantitative estimate of drug-likeness (QED) is 0.794. The van der Waals surface area contributed by atoms with Gasteiger partial charge in [0.2, 0.25) is 0 Å². The largest absolute Gasteiger partial charge is 0.368 e. The maximum Gasteiger partial charge on any atom is 0.261 e. The van der Waals surface area contributed by atoms with Gasteiger partial charge in [0.1, 0.15) is 5.82 Å². The SMILES string of the molecule is O=C(NCCNc1ccccn1)c1cccs1. The molecule has 4 nitrogen and oxygen atoms in total. The molecule has 1 amide bonds. The number of carbonyl (C=O) groups is 1. The number of aromatic nitrogens is 1. The molecule has 88 valence electrons. The predicted molar refractivity (Wildman–Crippen MR) is 69.4 cm³/mol. The van der Waals surface area contributed by atoms with E-state index in [9.17, 15) is 4.79 Å². The molecule has 0 aliphatic heterocycles. The Hall–Kier alpha value is -1.88. The van der Waals surface area contributed by atoms with Crippen LogP contribution in [0.25, 0.3) is 0 Å². The summed E-state index contributed by atoms with van der Waals surface area (Å²) in [4.78, 5) is 16.4. The van der Waals surface area contributed by atoms with Crippen molar-refractivity contribution in [2.45, 2.75) is 0 Å². The first-order valence-corrected chi connectivity index (χ1v) is 6.21. The van der Waals surface area contributed by atoms with Crippen molar-refractivity contribution in [2.75, 3.05) is 18.4 Å². The van der Waals surface area contributed by atoms with E-state index in [1.165, 1.54) is 11.3 Å². The second-order valence-electron chi connectivity index (χ2n) is 3.37. The van der Waals surface area contributed by atoms with Crippen LogP contribution in [0.3, 0.4) is 0 Å². The Morgan fingerprint density at radius 3 is 2.88 bits per heavy atom. The molecule has 2 aromatic heterocycles. The van der Waals surface area contributed by atoms with Crippen LogP contribution in [0.4, 0.5) is 5.82 Å². The number of amides is 1. The Morgan fingerprint density at radius 2 is 2.18 bits per heavy atom. The number of hydrogen-bond donors (Lipinski definition) is 2. The summed E-state index contributed by atoms with van der Waals surface area (Å²) in [6.07, 6.45) is 1.73. The predicted octanol–water partition coefficient (Wildman–Crippen LogP) is 1.98. The van der Waals surface area contributed by atoms with Crippen LogP contribution in [0, 0.1) is 0 Å². The number of carbonyl (C=O) groups excluding carboxylic acids is 1. The molecular formula is C12H13N3OS. The van der Waals surface area contributed by atoms with Crippen LogP contribution in [0.5, 0.6) is 0 Å². The van der Waals surface area contributed by atoms with Crippen LogP contribution >= 0.6 is 11.3 Å². The molecule has 0 spiro atoms. The average molecular weight is 247 g/mol. The normalized spacial score (nSPS) is 9.88. The summed E-state index contributed by atoms with van der Waals surface area (Å²) in [7, 11) is 0. The number of hydrogen-bond acceptors (Lipinski definition) is 4. The Labute approximate surface area is 104 Å².